The molecule has 0 unspecified atom stereocenters. The first kappa shape index (κ1) is 14.0. The van der Waals surface area contributed by atoms with Gasteiger partial charge in [0.05, 0.1) is 0 Å². The molecule has 2 aliphatic rings. The molecule has 1 aromatic heterocycles. The molecule has 0 spiro atoms. The van der Waals surface area contributed by atoms with Gasteiger partial charge in [0.1, 0.15) is 6.33 Å². The highest BCUT2D eigenvalue weighted by atomic mass is 16.5. The SMILES string of the molecule is CCc1ncnc2c1CCN(CC1CCOCC1)CC2. The molecule has 0 atom stereocenters. The molecule has 3 rings (SSSR count). The molecule has 1 aromatic rings. The predicted molar refractivity (Wildman–Crippen MR) is 78.8 cm³/mol. The normalized spacial score (nSPS) is 21.4. The summed E-state index contributed by atoms with van der Waals surface area (Å²) in [6, 6.07) is 0. The van der Waals surface area contributed by atoms with Gasteiger partial charge in [0.2, 0.25) is 0 Å². The van der Waals surface area contributed by atoms with Gasteiger partial charge < -0.3 is 9.64 Å². The summed E-state index contributed by atoms with van der Waals surface area (Å²) in [6.07, 6.45) is 7.40. The highest BCUT2D eigenvalue weighted by Crippen LogP contribution is 2.20. The summed E-state index contributed by atoms with van der Waals surface area (Å²) in [4.78, 5) is 11.6. The van der Waals surface area contributed by atoms with Crippen LogP contribution in [0.2, 0.25) is 0 Å². The molecular weight excluding hydrogens is 250 g/mol. The Bertz CT molecular complexity index is 443. The van der Waals surface area contributed by atoms with Crippen molar-refractivity contribution in [3.05, 3.63) is 23.3 Å². The molecule has 4 nitrogen and oxygen atoms in total. The molecule has 1 saturated heterocycles. The van der Waals surface area contributed by atoms with Crippen molar-refractivity contribution in [3.63, 3.8) is 0 Å². The van der Waals surface area contributed by atoms with Crippen LogP contribution < -0.4 is 0 Å². The summed E-state index contributed by atoms with van der Waals surface area (Å²) in [7, 11) is 0. The number of hydrogen-bond acceptors (Lipinski definition) is 4. The van der Waals surface area contributed by atoms with Gasteiger partial charge in [-0.1, -0.05) is 6.92 Å². The average Bonchev–Trinajstić information content (AvgIpc) is 2.71. The summed E-state index contributed by atoms with van der Waals surface area (Å²) in [5, 5.41) is 0. The first-order valence-corrected chi connectivity index (χ1v) is 7.98. The third kappa shape index (κ3) is 3.18. The molecule has 0 radical (unpaired) electrons. The molecule has 4 heteroatoms. The first-order valence-electron chi connectivity index (χ1n) is 7.98. The lowest BCUT2D eigenvalue weighted by atomic mass is 9.99. The van der Waals surface area contributed by atoms with Gasteiger partial charge in [0, 0.05) is 50.7 Å². The zero-order valence-corrected chi connectivity index (χ0v) is 12.5. The Morgan fingerprint density at radius 2 is 2.00 bits per heavy atom. The van der Waals surface area contributed by atoms with Gasteiger partial charge in [-0.3, -0.25) is 0 Å². The lowest BCUT2D eigenvalue weighted by Crippen LogP contribution is -2.34. The summed E-state index contributed by atoms with van der Waals surface area (Å²) < 4.78 is 5.46. The first-order chi connectivity index (χ1) is 9.86. The van der Waals surface area contributed by atoms with Gasteiger partial charge in [0.15, 0.2) is 0 Å². The van der Waals surface area contributed by atoms with Crippen LogP contribution in [0.3, 0.4) is 0 Å². The minimum absolute atomic E-state index is 0.821. The quantitative estimate of drug-likeness (QED) is 0.844. The van der Waals surface area contributed by atoms with Gasteiger partial charge in [0.25, 0.3) is 0 Å². The molecule has 1 fully saturated rings. The Hall–Kier alpha value is -1.00. The summed E-state index contributed by atoms with van der Waals surface area (Å²) in [5.74, 6) is 0.821. The Labute approximate surface area is 121 Å². The molecule has 0 aromatic carbocycles. The number of rotatable bonds is 3. The monoisotopic (exact) mass is 275 g/mol. The number of hydrogen-bond donors (Lipinski definition) is 0. The lowest BCUT2D eigenvalue weighted by Gasteiger charge is -2.28. The molecular formula is C16H25N3O. The zero-order chi connectivity index (χ0) is 13.8. The van der Waals surface area contributed by atoms with Crippen molar-refractivity contribution in [3.8, 4) is 0 Å². The fourth-order valence-electron chi connectivity index (χ4n) is 3.42. The molecule has 0 saturated carbocycles. The summed E-state index contributed by atoms with van der Waals surface area (Å²) >= 11 is 0. The second kappa shape index (κ2) is 6.64. The van der Waals surface area contributed by atoms with Crippen LogP contribution in [-0.4, -0.2) is 47.7 Å². The number of fused-ring (bicyclic) bond motifs is 1. The van der Waals surface area contributed by atoms with E-state index in [2.05, 4.69) is 21.8 Å². The van der Waals surface area contributed by atoms with Crippen LogP contribution in [-0.2, 0) is 24.0 Å². The topological polar surface area (TPSA) is 38.2 Å². The Balaban J connectivity index is 1.63. The molecule has 2 aliphatic heterocycles. The number of aryl methyl sites for hydroxylation is 1. The minimum Gasteiger partial charge on any atom is -0.381 e. The van der Waals surface area contributed by atoms with E-state index >= 15 is 0 Å². The maximum Gasteiger partial charge on any atom is 0.115 e. The van der Waals surface area contributed by atoms with Crippen molar-refractivity contribution in [1.82, 2.24) is 14.9 Å². The van der Waals surface area contributed by atoms with E-state index in [0.29, 0.717) is 0 Å². The van der Waals surface area contributed by atoms with E-state index in [4.69, 9.17) is 4.74 Å². The summed E-state index contributed by atoms with van der Waals surface area (Å²) in [5.41, 5.74) is 3.96. The zero-order valence-electron chi connectivity index (χ0n) is 12.5. The van der Waals surface area contributed by atoms with Gasteiger partial charge in [-0.25, -0.2) is 9.97 Å². The van der Waals surface area contributed by atoms with Gasteiger partial charge in [-0.05, 0) is 37.2 Å². The van der Waals surface area contributed by atoms with Gasteiger partial charge in [-0.2, -0.15) is 0 Å². The van der Waals surface area contributed by atoms with Gasteiger partial charge in [-0.15, -0.1) is 0 Å². The predicted octanol–water partition coefficient (Wildman–Crippen LogP) is 1.87. The molecule has 110 valence electrons. The van der Waals surface area contributed by atoms with Crippen LogP contribution in [0.5, 0.6) is 0 Å². The lowest BCUT2D eigenvalue weighted by molar-refractivity contribution is 0.0530. The van der Waals surface area contributed by atoms with Crippen molar-refractivity contribution in [1.29, 1.82) is 0 Å². The molecule has 0 N–H and O–H groups in total. The smallest absolute Gasteiger partial charge is 0.115 e. The van der Waals surface area contributed by atoms with Crippen molar-refractivity contribution >= 4 is 0 Å². The second-order valence-corrected chi connectivity index (χ2v) is 5.96. The second-order valence-electron chi connectivity index (χ2n) is 5.96. The molecule has 0 aliphatic carbocycles. The third-order valence-corrected chi connectivity index (χ3v) is 4.66. The van der Waals surface area contributed by atoms with E-state index in [9.17, 15) is 0 Å². The van der Waals surface area contributed by atoms with E-state index in [-0.39, 0.29) is 0 Å². The van der Waals surface area contributed by atoms with E-state index in [1.165, 1.54) is 36.3 Å². The third-order valence-electron chi connectivity index (χ3n) is 4.66. The van der Waals surface area contributed by atoms with Crippen LogP contribution in [0, 0.1) is 5.92 Å². The largest absolute Gasteiger partial charge is 0.381 e. The fourth-order valence-corrected chi connectivity index (χ4v) is 3.42. The average molecular weight is 275 g/mol. The van der Waals surface area contributed by atoms with Crippen LogP contribution in [0.15, 0.2) is 6.33 Å². The molecule has 0 bridgehead atoms. The maximum absolute atomic E-state index is 5.46. The maximum atomic E-state index is 5.46. The Morgan fingerprint density at radius 1 is 1.20 bits per heavy atom. The number of ether oxygens (including phenoxy) is 1. The van der Waals surface area contributed by atoms with Crippen LogP contribution in [0.1, 0.15) is 36.7 Å². The minimum atomic E-state index is 0.821. The van der Waals surface area contributed by atoms with Crippen LogP contribution >= 0.6 is 0 Å². The Morgan fingerprint density at radius 3 is 2.80 bits per heavy atom. The molecule has 20 heavy (non-hydrogen) atoms. The molecule has 3 heterocycles. The fraction of sp³-hybridized carbons (Fsp3) is 0.750. The van der Waals surface area contributed by atoms with Crippen molar-refractivity contribution in [2.24, 2.45) is 5.92 Å². The highest BCUT2D eigenvalue weighted by molar-refractivity contribution is 5.26. The molecule has 0 amide bonds. The van der Waals surface area contributed by atoms with Crippen molar-refractivity contribution < 1.29 is 4.74 Å². The van der Waals surface area contributed by atoms with Crippen molar-refractivity contribution in [2.75, 3.05) is 32.8 Å². The standard InChI is InChI=1S/C16H25N3O/c1-2-15-14-3-7-19(8-4-16(14)18-12-17-15)11-13-5-9-20-10-6-13/h12-13H,2-11H2,1H3. The van der Waals surface area contributed by atoms with E-state index in [1.807, 2.05) is 0 Å². The van der Waals surface area contributed by atoms with E-state index < -0.39 is 0 Å². The number of aromatic nitrogens is 2. The Kier molecular flexibility index (Phi) is 4.63. The summed E-state index contributed by atoms with van der Waals surface area (Å²) in [6.45, 7) is 7.61. The van der Waals surface area contributed by atoms with Crippen LogP contribution in [0.25, 0.3) is 0 Å². The highest BCUT2D eigenvalue weighted by Gasteiger charge is 2.21. The van der Waals surface area contributed by atoms with Crippen molar-refractivity contribution in [2.45, 2.75) is 39.0 Å². The van der Waals surface area contributed by atoms with Gasteiger partial charge >= 0.3 is 0 Å². The van der Waals surface area contributed by atoms with E-state index in [1.54, 1.807) is 6.33 Å². The number of nitrogens with zero attached hydrogens (tertiary/aromatic N) is 3. The van der Waals surface area contributed by atoms with E-state index in [0.717, 1.165) is 51.5 Å². The van der Waals surface area contributed by atoms with Crippen LogP contribution in [0.4, 0.5) is 0 Å².